The van der Waals surface area contributed by atoms with Gasteiger partial charge in [0.1, 0.15) is 5.82 Å². The molecule has 0 heterocycles. The summed E-state index contributed by atoms with van der Waals surface area (Å²) in [5, 5.41) is 5.49. The summed E-state index contributed by atoms with van der Waals surface area (Å²) in [6, 6.07) is 11.7. The molecular formula is C21H26FN3O4S. The van der Waals surface area contributed by atoms with Crippen LogP contribution in [0.5, 0.6) is 0 Å². The molecule has 30 heavy (non-hydrogen) atoms. The van der Waals surface area contributed by atoms with Gasteiger partial charge in [-0.15, -0.1) is 0 Å². The number of halogens is 1. The number of amides is 2. The Morgan fingerprint density at radius 1 is 1.07 bits per heavy atom. The van der Waals surface area contributed by atoms with Crippen LogP contribution >= 0.6 is 0 Å². The van der Waals surface area contributed by atoms with E-state index in [9.17, 15) is 22.4 Å². The zero-order chi connectivity index (χ0) is 22.3. The van der Waals surface area contributed by atoms with Crippen LogP contribution < -0.4 is 14.9 Å². The molecule has 2 N–H and O–H groups in total. The summed E-state index contributed by atoms with van der Waals surface area (Å²) in [6.45, 7) is 3.74. The van der Waals surface area contributed by atoms with E-state index < -0.39 is 15.8 Å². The van der Waals surface area contributed by atoms with Crippen LogP contribution in [0.4, 0.5) is 15.8 Å². The van der Waals surface area contributed by atoms with Crippen LogP contribution in [0.2, 0.25) is 0 Å². The van der Waals surface area contributed by atoms with Gasteiger partial charge in [0.05, 0.1) is 23.2 Å². The fourth-order valence-corrected chi connectivity index (χ4v) is 3.79. The molecule has 2 rings (SSSR count). The van der Waals surface area contributed by atoms with Gasteiger partial charge in [-0.3, -0.25) is 13.9 Å². The smallest absolute Gasteiger partial charge is 0.253 e. The lowest BCUT2D eigenvalue weighted by molar-refractivity contribution is -0.116. The van der Waals surface area contributed by atoms with E-state index in [-0.39, 0.29) is 37.2 Å². The molecule has 7 nitrogen and oxygen atoms in total. The van der Waals surface area contributed by atoms with Crippen LogP contribution in [0.1, 0.15) is 37.0 Å². The Morgan fingerprint density at radius 2 is 1.70 bits per heavy atom. The Kier molecular flexibility index (Phi) is 7.93. The Balaban J connectivity index is 2.00. The average Bonchev–Trinajstić information content (AvgIpc) is 2.65. The summed E-state index contributed by atoms with van der Waals surface area (Å²) in [5.41, 5.74) is 1.07. The Morgan fingerprint density at radius 3 is 2.30 bits per heavy atom. The summed E-state index contributed by atoms with van der Waals surface area (Å²) >= 11 is 0. The van der Waals surface area contributed by atoms with Crippen molar-refractivity contribution in [2.24, 2.45) is 0 Å². The SMILES string of the molecule is CC(C)NC(=O)c1ccccc1NC(=O)CCCN(c1ccc(F)cc1)S(C)(=O)=O. The van der Waals surface area contributed by atoms with Crippen LogP contribution in [0.3, 0.4) is 0 Å². The minimum atomic E-state index is -3.59. The summed E-state index contributed by atoms with van der Waals surface area (Å²) in [6.07, 6.45) is 1.35. The van der Waals surface area contributed by atoms with E-state index in [0.29, 0.717) is 16.9 Å². The Bertz CT molecular complexity index is 992. The molecule has 0 aliphatic rings. The Hall–Kier alpha value is -2.94. The minimum Gasteiger partial charge on any atom is -0.350 e. The highest BCUT2D eigenvalue weighted by molar-refractivity contribution is 7.92. The third-order valence-electron chi connectivity index (χ3n) is 4.15. The maximum atomic E-state index is 13.1. The summed E-state index contributed by atoms with van der Waals surface area (Å²) in [5.74, 6) is -1.10. The van der Waals surface area contributed by atoms with Crippen molar-refractivity contribution in [2.45, 2.75) is 32.7 Å². The van der Waals surface area contributed by atoms with Gasteiger partial charge in [0, 0.05) is 19.0 Å². The molecule has 0 spiro atoms. The quantitative estimate of drug-likeness (QED) is 0.633. The Labute approximate surface area is 176 Å². The number of rotatable bonds is 9. The van der Waals surface area contributed by atoms with Crippen LogP contribution in [0.25, 0.3) is 0 Å². The van der Waals surface area contributed by atoms with E-state index in [1.165, 1.54) is 24.3 Å². The maximum absolute atomic E-state index is 13.1. The predicted molar refractivity (Wildman–Crippen MR) is 115 cm³/mol. The third-order valence-corrected chi connectivity index (χ3v) is 5.34. The number of carbonyl (C=O) groups excluding carboxylic acids is 2. The fourth-order valence-electron chi connectivity index (χ4n) is 2.82. The number of sulfonamides is 1. The van der Waals surface area contributed by atoms with Crippen molar-refractivity contribution < 1.29 is 22.4 Å². The standard InChI is InChI=1S/C21H26FN3O4S/c1-15(2)23-21(27)18-7-4-5-8-19(18)24-20(26)9-6-14-25(30(3,28)29)17-12-10-16(22)11-13-17/h4-5,7-8,10-13,15H,6,9,14H2,1-3H3,(H,23,27)(H,24,26). The largest absolute Gasteiger partial charge is 0.350 e. The molecule has 2 amide bonds. The molecule has 0 bridgehead atoms. The third kappa shape index (κ3) is 6.84. The molecule has 0 radical (unpaired) electrons. The molecule has 0 fully saturated rings. The first kappa shape index (κ1) is 23.3. The molecule has 0 aliphatic heterocycles. The predicted octanol–water partition coefficient (Wildman–Crippen LogP) is 3.15. The summed E-state index contributed by atoms with van der Waals surface area (Å²) < 4.78 is 38.4. The molecule has 0 saturated carbocycles. The highest BCUT2D eigenvalue weighted by Crippen LogP contribution is 2.19. The zero-order valence-electron chi connectivity index (χ0n) is 17.2. The molecule has 162 valence electrons. The van der Waals surface area contributed by atoms with Crippen LogP contribution in [-0.4, -0.2) is 39.1 Å². The highest BCUT2D eigenvalue weighted by atomic mass is 32.2. The first-order chi connectivity index (χ1) is 14.1. The first-order valence-electron chi connectivity index (χ1n) is 9.51. The van der Waals surface area contributed by atoms with E-state index in [1.807, 2.05) is 13.8 Å². The fraction of sp³-hybridized carbons (Fsp3) is 0.333. The highest BCUT2D eigenvalue weighted by Gasteiger charge is 2.18. The summed E-state index contributed by atoms with van der Waals surface area (Å²) in [4.78, 5) is 24.7. The minimum absolute atomic E-state index is 0.0466. The lowest BCUT2D eigenvalue weighted by Crippen LogP contribution is -2.32. The lowest BCUT2D eigenvalue weighted by Gasteiger charge is -2.22. The van der Waals surface area contributed by atoms with Gasteiger partial charge in [-0.2, -0.15) is 0 Å². The number of carbonyl (C=O) groups is 2. The van der Waals surface area contributed by atoms with E-state index in [4.69, 9.17) is 0 Å². The van der Waals surface area contributed by atoms with Gasteiger partial charge in [-0.05, 0) is 56.7 Å². The molecule has 0 atom stereocenters. The second kappa shape index (κ2) is 10.2. The number of anilines is 2. The first-order valence-corrected chi connectivity index (χ1v) is 11.4. The number of nitrogens with zero attached hydrogens (tertiary/aromatic N) is 1. The van der Waals surface area contributed by atoms with Crippen molar-refractivity contribution in [3.8, 4) is 0 Å². The molecule has 0 unspecified atom stereocenters. The van der Waals surface area contributed by atoms with Crippen molar-refractivity contribution >= 4 is 33.2 Å². The zero-order valence-corrected chi connectivity index (χ0v) is 18.0. The number of hydrogen-bond acceptors (Lipinski definition) is 4. The molecule has 2 aromatic rings. The van der Waals surface area contributed by atoms with Gasteiger partial charge in [0.2, 0.25) is 15.9 Å². The van der Waals surface area contributed by atoms with Crippen LogP contribution in [0, 0.1) is 5.82 Å². The molecular weight excluding hydrogens is 409 g/mol. The molecule has 0 saturated heterocycles. The number of nitrogens with one attached hydrogen (secondary N) is 2. The topological polar surface area (TPSA) is 95.6 Å². The van der Waals surface area contributed by atoms with E-state index in [0.717, 1.165) is 10.6 Å². The lowest BCUT2D eigenvalue weighted by atomic mass is 10.1. The summed E-state index contributed by atoms with van der Waals surface area (Å²) in [7, 11) is -3.59. The normalized spacial score (nSPS) is 11.2. The van der Waals surface area contributed by atoms with E-state index in [1.54, 1.807) is 24.3 Å². The van der Waals surface area contributed by atoms with Crippen LogP contribution in [-0.2, 0) is 14.8 Å². The van der Waals surface area contributed by atoms with Crippen molar-refractivity contribution in [3.05, 3.63) is 59.9 Å². The van der Waals surface area contributed by atoms with Gasteiger partial charge in [0.25, 0.3) is 5.91 Å². The van der Waals surface area contributed by atoms with Crippen molar-refractivity contribution in [1.29, 1.82) is 0 Å². The van der Waals surface area contributed by atoms with Gasteiger partial charge in [-0.1, -0.05) is 12.1 Å². The average molecular weight is 436 g/mol. The maximum Gasteiger partial charge on any atom is 0.253 e. The van der Waals surface area contributed by atoms with Crippen molar-refractivity contribution in [3.63, 3.8) is 0 Å². The van der Waals surface area contributed by atoms with Gasteiger partial charge < -0.3 is 10.6 Å². The van der Waals surface area contributed by atoms with Gasteiger partial charge >= 0.3 is 0 Å². The second-order valence-corrected chi connectivity index (χ2v) is 9.04. The monoisotopic (exact) mass is 435 g/mol. The molecule has 2 aromatic carbocycles. The van der Waals surface area contributed by atoms with Crippen LogP contribution in [0.15, 0.2) is 48.5 Å². The molecule has 0 aliphatic carbocycles. The van der Waals surface area contributed by atoms with Gasteiger partial charge in [-0.25, -0.2) is 12.8 Å². The second-order valence-electron chi connectivity index (χ2n) is 7.14. The van der Waals surface area contributed by atoms with E-state index >= 15 is 0 Å². The molecule has 9 heteroatoms. The number of hydrogen-bond donors (Lipinski definition) is 2. The molecule has 0 aromatic heterocycles. The van der Waals surface area contributed by atoms with Crippen molar-refractivity contribution in [1.82, 2.24) is 5.32 Å². The number of para-hydroxylation sites is 1. The number of benzene rings is 2. The van der Waals surface area contributed by atoms with Crippen molar-refractivity contribution in [2.75, 3.05) is 22.4 Å². The van der Waals surface area contributed by atoms with Gasteiger partial charge in [0.15, 0.2) is 0 Å². The van der Waals surface area contributed by atoms with E-state index in [2.05, 4.69) is 10.6 Å².